The van der Waals surface area contributed by atoms with Gasteiger partial charge in [-0.1, -0.05) is 0 Å². The van der Waals surface area contributed by atoms with Crippen LogP contribution >= 0.6 is 23.1 Å². The molecule has 0 aromatic carbocycles. The average Bonchev–Trinajstić information content (AvgIpc) is 2.63. The molecule has 0 N–H and O–H groups in total. The zero-order valence-corrected chi connectivity index (χ0v) is 9.85. The second kappa shape index (κ2) is 4.63. The smallest absolute Gasteiger partial charge is 0.251 e. The van der Waals surface area contributed by atoms with Gasteiger partial charge in [-0.25, -0.2) is 4.98 Å². The standard InChI is InChI=1S/C10H10N2OS2/c1-8-11-9(6-14-8)7-15-10-4-2-3-5-12(10)13/h2-6H,7H2,1H3. The summed E-state index contributed by atoms with van der Waals surface area (Å²) in [6.07, 6.45) is 1.51. The third-order valence-corrected chi connectivity index (χ3v) is 3.70. The summed E-state index contributed by atoms with van der Waals surface area (Å²) in [5.41, 5.74) is 1.03. The lowest BCUT2D eigenvalue weighted by molar-refractivity contribution is -0.645. The molecule has 0 saturated heterocycles. The molecule has 15 heavy (non-hydrogen) atoms. The van der Waals surface area contributed by atoms with E-state index in [4.69, 9.17) is 0 Å². The molecule has 3 nitrogen and oxygen atoms in total. The van der Waals surface area contributed by atoms with Crippen molar-refractivity contribution in [2.24, 2.45) is 0 Å². The summed E-state index contributed by atoms with van der Waals surface area (Å²) in [7, 11) is 0. The highest BCUT2D eigenvalue weighted by atomic mass is 32.2. The molecule has 0 fully saturated rings. The van der Waals surface area contributed by atoms with E-state index in [0.717, 1.165) is 21.2 Å². The first-order chi connectivity index (χ1) is 7.25. The molecule has 2 heterocycles. The van der Waals surface area contributed by atoms with Crippen LogP contribution in [-0.2, 0) is 5.75 Å². The van der Waals surface area contributed by atoms with E-state index < -0.39 is 0 Å². The van der Waals surface area contributed by atoms with Crippen LogP contribution in [0.5, 0.6) is 0 Å². The van der Waals surface area contributed by atoms with Gasteiger partial charge in [-0.2, -0.15) is 4.73 Å². The first-order valence-corrected chi connectivity index (χ1v) is 6.34. The number of nitrogens with zero attached hydrogens (tertiary/aromatic N) is 2. The lowest BCUT2D eigenvalue weighted by Crippen LogP contribution is -2.27. The molecular formula is C10H10N2OS2. The Balaban J connectivity index is 2.02. The molecule has 2 rings (SSSR count). The van der Waals surface area contributed by atoms with Gasteiger partial charge in [0, 0.05) is 23.3 Å². The normalized spacial score (nSPS) is 10.5. The Labute approximate surface area is 96.4 Å². The average molecular weight is 238 g/mol. The van der Waals surface area contributed by atoms with Crippen LogP contribution in [0.15, 0.2) is 34.8 Å². The summed E-state index contributed by atoms with van der Waals surface area (Å²) in [6, 6.07) is 5.41. The van der Waals surface area contributed by atoms with Crippen molar-refractivity contribution in [1.82, 2.24) is 4.98 Å². The molecule has 0 radical (unpaired) electrons. The van der Waals surface area contributed by atoms with Gasteiger partial charge in [-0.05, 0) is 24.8 Å². The quantitative estimate of drug-likeness (QED) is 0.468. The lowest BCUT2D eigenvalue weighted by Gasteiger charge is -2.01. The van der Waals surface area contributed by atoms with Crippen molar-refractivity contribution in [3.8, 4) is 0 Å². The molecule has 0 saturated carbocycles. The van der Waals surface area contributed by atoms with Gasteiger partial charge >= 0.3 is 0 Å². The summed E-state index contributed by atoms with van der Waals surface area (Å²) >= 11 is 3.14. The zero-order valence-electron chi connectivity index (χ0n) is 8.21. The van der Waals surface area contributed by atoms with Gasteiger partial charge in [0.25, 0.3) is 5.03 Å². The Morgan fingerprint density at radius 1 is 1.53 bits per heavy atom. The highest BCUT2D eigenvalue weighted by molar-refractivity contribution is 7.98. The minimum atomic E-state index is 0.711. The van der Waals surface area contributed by atoms with E-state index in [1.165, 1.54) is 18.0 Å². The Morgan fingerprint density at radius 3 is 3.07 bits per heavy atom. The second-order valence-corrected chi connectivity index (χ2v) is 5.07. The molecule has 0 unspecified atom stereocenters. The summed E-state index contributed by atoms with van der Waals surface area (Å²) in [5, 5.41) is 15.1. The Morgan fingerprint density at radius 2 is 2.40 bits per heavy atom. The van der Waals surface area contributed by atoms with Crippen LogP contribution < -0.4 is 4.73 Å². The Bertz CT molecular complexity index is 456. The molecule has 0 amide bonds. The Kier molecular flexibility index (Phi) is 3.23. The van der Waals surface area contributed by atoms with Gasteiger partial charge in [0.05, 0.1) is 10.7 Å². The third-order valence-electron chi connectivity index (χ3n) is 1.82. The summed E-state index contributed by atoms with van der Waals surface area (Å²) in [5.74, 6) is 0.747. The molecule has 0 atom stereocenters. The van der Waals surface area contributed by atoms with Gasteiger partial charge in [-0.15, -0.1) is 11.3 Å². The predicted molar refractivity (Wildman–Crippen MR) is 61.8 cm³/mol. The molecule has 0 aliphatic rings. The fourth-order valence-electron chi connectivity index (χ4n) is 1.15. The maximum Gasteiger partial charge on any atom is 0.251 e. The van der Waals surface area contributed by atoms with Crippen LogP contribution in [0, 0.1) is 12.1 Å². The first kappa shape index (κ1) is 10.4. The van der Waals surface area contributed by atoms with E-state index in [-0.39, 0.29) is 0 Å². The highest BCUT2D eigenvalue weighted by Crippen LogP contribution is 2.20. The molecule has 2 aromatic heterocycles. The minimum absolute atomic E-state index is 0.711. The molecule has 0 aliphatic carbocycles. The van der Waals surface area contributed by atoms with Crippen molar-refractivity contribution in [3.63, 3.8) is 0 Å². The monoisotopic (exact) mass is 238 g/mol. The molecule has 0 aliphatic heterocycles. The van der Waals surface area contributed by atoms with Crippen LogP contribution in [-0.4, -0.2) is 4.98 Å². The van der Waals surface area contributed by atoms with Gasteiger partial charge < -0.3 is 5.21 Å². The number of aryl methyl sites for hydroxylation is 1. The molecular weight excluding hydrogens is 228 g/mol. The number of thioether (sulfide) groups is 1. The van der Waals surface area contributed by atoms with E-state index in [9.17, 15) is 5.21 Å². The largest absolute Gasteiger partial charge is 0.618 e. The predicted octanol–water partition coefficient (Wildman–Crippen LogP) is 2.38. The fourth-order valence-corrected chi connectivity index (χ4v) is 2.67. The van der Waals surface area contributed by atoms with Crippen molar-refractivity contribution < 1.29 is 4.73 Å². The highest BCUT2D eigenvalue weighted by Gasteiger charge is 2.06. The summed E-state index contributed by atoms with van der Waals surface area (Å²) in [6.45, 7) is 1.98. The Hall–Kier alpha value is -1.07. The van der Waals surface area contributed by atoms with Crippen molar-refractivity contribution in [3.05, 3.63) is 45.7 Å². The molecule has 78 valence electrons. The molecule has 0 bridgehead atoms. The second-order valence-electron chi connectivity index (χ2n) is 3.01. The van der Waals surface area contributed by atoms with Crippen molar-refractivity contribution in [2.45, 2.75) is 17.7 Å². The third kappa shape index (κ3) is 2.70. The fraction of sp³-hybridized carbons (Fsp3) is 0.200. The van der Waals surface area contributed by atoms with Gasteiger partial charge in [0.2, 0.25) is 0 Å². The van der Waals surface area contributed by atoms with Crippen LogP contribution in [0.3, 0.4) is 0 Å². The van der Waals surface area contributed by atoms with E-state index in [0.29, 0.717) is 5.03 Å². The van der Waals surface area contributed by atoms with Crippen molar-refractivity contribution in [2.75, 3.05) is 0 Å². The SMILES string of the molecule is Cc1nc(CSc2cccc[n+]2[O-])cs1. The number of aromatic nitrogens is 2. The van der Waals surface area contributed by atoms with Crippen LogP contribution in [0.1, 0.15) is 10.7 Å². The van der Waals surface area contributed by atoms with Gasteiger partial charge in [0.1, 0.15) is 0 Å². The maximum absolute atomic E-state index is 11.3. The summed E-state index contributed by atoms with van der Waals surface area (Å²) < 4.78 is 0.879. The molecule has 5 heteroatoms. The van der Waals surface area contributed by atoms with E-state index in [2.05, 4.69) is 4.98 Å². The number of hydrogen-bond acceptors (Lipinski definition) is 4. The number of pyridine rings is 1. The number of hydrogen-bond donors (Lipinski definition) is 0. The van der Waals surface area contributed by atoms with Crippen LogP contribution in [0.25, 0.3) is 0 Å². The first-order valence-electron chi connectivity index (χ1n) is 4.48. The lowest BCUT2D eigenvalue weighted by atomic mass is 10.5. The van der Waals surface area contributed by atoms with Crippen LogP contribution in [0.2, 0.25) is 0 Å². The van der Waals surface area contributed by atoms with E-state index in [1.54, 1.807) is 17.4 Å². The zero-order chi connectivity index (χ0) is 10.7. The van der Waals surface area contributed by atoms with Crippen LogP contribution in [0.4, 0.5) is 0 Å². The number of rotatable bonds is 3. The van der Waals surface area contributed by atoms with Crippen molar-refractivity contribution >= 4 is 23.1 Å². The summed E-state index contributed by atoms with van der Waals surface area (Å²) in [4.78, 5) is 4.34. The maximum atomic E-state index is 11.3. The number of thiazole rings is 1. The van der Waals surface area contributed by atoms with Gasteiger partial charge in [-0.3, -0.25) is 0 Å². The van der Waals surface area contributed by atoms with E-state index >= 15 is 0 Å². The van der Waals surface area contributed by atoms with Crippen molar-refractivity contribution in [1.29, 1.82) is 0 Å². The van der Waals surface area contributed by atoms with E-state index in [1.807, 2.05) is 24.4 Å². The molecule has 2 aromatic rings. The van der Waals surface area contributed by atoms with Gasteiger partial charge in [0.15, 0.2) is 6.20 Å². The topological polar surface area (TPSA) is 39.8 Å². The molecule has 0 spiro atoms. The minimum Gasteiger partial charge on any atom is -0.618 e.